The summed E-state index contributed by atoms with van der Waals surface area (Å²) >= 11 is 0. The summed E-state index contributed by atoms with van der Waals surface area (Å²) in [7, 11) is 0. The molecule has 0 radical (unpaired) electrons. The summed E-state index contributed by atoms with van der Waals surface area (Å²) in [5, 5.41) is 0. The predicted octanol–water partition coefficient (Wildman–Crippen LogP) is 2.46. The maximum Gasteiger partial charge on any atom is 0.122 e. The number of hydrogen-bond donors (Lipinski definition) is 1. The molecule has 1 rings (SSSR count). The SMILES string of the molecule is CCOc1ccc(C(C)CN)cc1C. The van der Waals surface area contributed by atoms with Gasteiger partial charge in [-0.3, -0.25) is 0 Å². The molecule has 14 heavy (non-hydrogen) atoms. The van der Waals surface area contributed by atoms with E-state index in [1.807, 2.05) is 13.0 Å². The summed E-state index contributed by atoms with van der Waals surface area (Å²) in [6.07, 6.45) is 0. The highest BCUT2D eigenvalue weighted by atomic mass is 16.5. The molecule has 1 aromatic carbocycles. The third-order valence-corrected chi connectivity index (χ3v) is 2.42. The maximum atomic E-state index is 5.62. The van der Waals surface area contributed by atoms with Gasteiger partial charge in [0.25, 0.3) is 0 Å². The molecule has 0 amide bonds. The monoisotopic (exact) mass is 193 g/mol. The van der Waals surface area contributed by atoms with E-state index in [0.717, 1.165) is 5.75 Å². The van der Waals surface area contributed by atoms with Crippen LogP contribution in [-0.2, 0) is 0 Å². The predicted molar refractivity (Wildman–Crippen MR) is 59.8 cm³/mol. The smallest absolute Gasteiger partial charge is 0.122 e. The molecule has 0 saturated heterocycles. The Morgan fingerprint density at radius 2 is 2.14 bits per heavy atom. The van der Waals surface area contributed by atoms with Gasteiger partial charge in [-0.1, -0.05) is 19.1 Å². The van der Waals surface area contributed by atoms with Crippen molar-refractivity contribution in [1.82, 2.24) is 0 Å². The molecule has 78 valence electrons. The zero-order valence-corrected chi connectivity index (χ0v) is 9.21. The van der Waals surface area contributed by atoms with E-state index in [9.17, 15) is 0 Å². The molecule has 1 atom stereocenters. The second kappa shape index (κ2) is 5.01. The molecule has 0 aliphatic rings. The van der Waals surface area contributed by atoms with Gasteiger partial charge in [0.05, 0.1) is 6.61 Å². The number of benzene rings is 1. The normalized spacial score (nSPS) is 12.6. The van der Waals surface area contributed by atoms with E-state index < -0.39 is 0 Å². The van der Waals surface area contributed by atoms with Crippen molar-refractivity contribution in [2.45, 2.75) is 26.7 Å². The lowest BCUT2D eigenvalue weighted by atomic mass is 9.99. The Bertz CT molecular complexity index is 296. The lowest BCUT2D eigenvalue weighted by molar-refractivity contribution is 0.337. The van der Waals surface area contributed by atoms with E-state index in [0.29, 0.717) is 19.1 Å². The van der Waals surface area contributed by atoms with Crippen molar-refractivity contribution >= 4 is 0 Å². The fourth-order valence-corrected chi connectivity index (χ4v) is 1.43. The lowest BCUT2D eigenvalue weighted by Gasteiger charge is -2.12. The van der Waals surface area contributed by atoms with Crippen molar-refractivity contribution in [2.24, 2.45) is 5.73 Å². The number of rotatable bonds is 4. The average molecular weight is 193 g/mol. The molecule has 0 aliphatic heterocycles. The Labute approximate surface area is 86.1 Å². The first-order valence-electron chi connectivity index (χ1n) is 5.12. The van der Waals surface area contributed by atoms with Gasteiger partial charge < -0.3 is 10.5 Å². The van der Waals surface area contributed by atoms with Crippen molar-refractivity contribution in [3.05, 3.63) is 29.3 Å². The van der Waals surface area contributed by atoms with Gasteiger partial charge in [-0.2, -0.15) is 0 Å². The summed E-state index contributed by atoms with van der Waals surface area (Å²) in [6, 6.07) is 6.28. The van der Waals surface area contributed by atoms with Crippen molar-refractivity contribution in [1.29, 1.82) is 0 Å². The first-order chi connectivity index (χ1) is 6.69. The van der Waals surface area contributed by atoms with Crippen LogP contribution in [0.25, 0.3) is 0 Å². The average Bonchev–Trinajstić information content (AvgIpc) is 2.20. The molecule has 2 heteroatoms. The van der Waals surface area contributed by atoms with Gasteiger partial charge in [0, 0.05) is 0 Å². The molecule has 0 spiro atoms. The van der Waals surface area contributed by atoms with Crippen molar-refractivity contribution < 1.29 is 4.74 Å². The first-order valence-corrected chi connectivity index (χ1v) is 5.12. The standard InChI is InChI=1S/C12H19NO/c1-4-14-12-6-5-11(7-9(12)2)10(3)8-13/h5-7,10H,4,8,13H2,1-3H3. The van der Waals surface area contributed by atoms with Crippen LogP contribution in [0.4, 0.5) is 0 Å². The molecule has 0 heterocycles. The second-order valence-electron chi connectivity index (χ2n) is 3.59. The van der Waals surface area contributed by atoms with Crippen molar-refractivity contribution in [2.75, 3.05) is 13.2 Å². The molecule has 0 aliphatic carbocycles. The molecule has 0 fully saturated rings. The quantitative estimate of drug-likeness (QED) is 0.797. The van der Waals surface area contributed by atoms with Crippen molar-refractivity contribution in [3.8, 4) is 5.75 Å². The third-order valence-electron chi connectivity index (χ3n) is 2.42. The molecule has 1 unspecified atom stereocenters. The number of ether oxygens (including phenoxy) is 1. The van der Waals surface area contributed by atoms with Crippen LogP contribution in [0.15, 0.2) is 18.2 Å². The number of aryl methyl sites for hydroxylation is 1. The van der Waals surface area contributed by atoms with Gasteiger partial charge in [0.15, 0.2) is 0 Å². The van der Waals surface area contributed by atoms with Gasteiger partial charge in [0.2, 0.25) is 0 Å². The Balaban J connectivity index is 2.88. The van der Waals surface area contributed by atoms with Crippen LogP contribution in [0.2, 0.25) is 0 Å². The van der Waals surface area contributed by atoms with E-state index >= 15 is 0 Å². The Hall–Kier alpha value is -1.02. The second-order valence-corrected chi connectivity index (χ2v) is 3.59. The minimum Gasteiger partial charge on any atom is -0.494 e. The Morgan fingerprint density at radius 3 is 2.64 bits per heavy atom. The zero-order valence-electron chi connectivity index (χ0n) is 9.21. The summed E-state index contributed by atoms with van der Waals surface area (Å²) in [4.78, 5) is 0. The van der Waals surface area contributed by atoms with Crippen LogP contribution in [0, 0.1) is 6.92 Å². The lowest BCUT2D eigenvalue weighted by Crippen LogP contribution is -2.09. The fourth-order valence-electron chi connectivity index (χ4n) is 1.43. The Kier molecular flexibility index (Phi) is 3.96. The topological polar surface area (TPSA) is 35.2 Å². The van der Waals surface area contributed by atoms with Gasteiger partial charge in [-0.15, -0.1) is 0 Å². The first kappa shape index (κ1) is 11.1. The molecular weight excluding hydrogens is 174 g/mol. The summed E-state index contributed by atoms with van der Waals surface area (Å²) in [5.74, 6) is 1.39. The molecule has 2 nitrogen and oxygen atoms in total. The summed E-state index contributed by atoms with van der Waals surface area (Å²) < 4.78 is 5.47. The zero-order chi connectivity index (χ0) is 10.6. The van der Waals surface area contributed by atoms with E-state index in [2.05, 4.69) is 26.0 Å². The fraction of sp³-hybridized carbons (Fsp3) is 0.500. The molecule has 0 aromatic heterocycles. The third kappa shape index (κ3) is 2.48. The van der Waals surface area contributed by atoms with E-state index in [-0.39, 0.29) is 0 Å². The molecule has 2 N–H and O–H groups in total. The summed E-state index contributed by atoms with van der Waals surface area (Å²) in [5.41, 5.74) is 8.09. The van der Waals surface area contributed by atoms with Gasteiger partial charge in [0.1, 0.15) is 5.75 Å². The molecule has 0 saturated carbocycles. The van der Waals surface area contributed by atoms with Gasteiger partial charge >= 0.3 is 0 Å². The van der Waals surface area contributed by atoms with E-state index in [1.165, 1.54) is 11.1 Å². The van der Waals surface area contributed by atoms with Crippen LogP contribution in [0.5, 0.6) is 5.75 Å². The van der Waals surface area contributed by atoms with Crippen LogP contribution in [0.3, 0.4) is 0 Å². The number of nitrogens with two attached hydrogens (primary N) is 1. The molecule has 0 bridgehead atoms. The minimum absolute atomic E-state index is 0.421. The summed E-state index contributed by atoms with van der Waals surface area (Å²) in [6.45, 7) is 7.60. The highest BCUT2D eigenvalue weighted by Gasteiger charge is 2.05. The maximum absolute atomic E-state index is 5.62. The van der Waals surface area contributed by atoms with Gasteiger partial charge in [-0.05, 0) is 43.5 Å². The highest BCUT2D eigenvalue weighted by molar-refractivity contribution is 5.37. The molecule has 1 aromatic rings. The molecular formula is C12H19NO. The Morgan fingerprint density at radius 1 is 1.43 bits per heavy atom. The largest absolute Gasteiger partial charge is 0.494 e. The minimum atomic E-state index is 0.421. The van der Waals surface area contributed by atoms with Crippen molar-refractivity contribution in [3.63, 3.8) is 0 Å². The van der Waals surface area contributed by atoms with Crippen LogP contribution >= 0.6 is 0 Å². The van der Waals surface area contributed by atoms with Crippen LogP contribution < -0.4 is 10.5 Å². The van der Waals surface area contributed by atoms with Crippen LogP contribution in [0.1, 0.15) is 30.9 Å². The van der Waals surface area contributed by atoms with Gasteiger partial charge in [-0.25, -0.2) is 0 Å². The van der Waals surface area contributed by atoms with E-state index in [4.69, 9.17) is 10.5 Å². The van der Waals surface area contributed by atoms with Crippen LogP contribution in [-0.4, -0.2) is 13.2 Å². The van der Waals surface area contributed by atoms with E-state index in [1.54, 1.807) is 0 Å². The highest BCUT2D eigenvalue weighted by Crippen LogP contribution is 2.23. The number of hydrogen-bond acceptors (Lipinski definition) is 2.